The van der Waals surface area contributed by atoms with Crippen LogP contribution in [0.1, 0.15) is 48.1 Å². The van der Waals surface area contributed by atoms with Gasteiger partial charge >= 0.3 is 5.97 Å². The molecule has 0 spiro atoms. The summed E-state index contributed by atoms with van der Waals surface area (Å²) in [6.07, 6.45) is 1.27. The summed E-state index contributed by atoms with van der Waals surface area (Å²) in [7, 11) is 0. The van der Waals surface area contributed by atoms with E-state index >= 15 is 0 Å². The second kappa shape index (κ2) is 5.06. The van der Waals surface area contributed by atoms with Crippen molar-refractivity contribution in [2.45, 2.75) is 38.6 Å². The second-order valence-electron chi connectivity index (χ2n) is 4.72. The second-order valence-corrected chi connectivity index (χ2v) is 5.61. The van der Waals surface area contributed by atoms with Crippen molar-refractivity contribution in [1.29, 1.82) is 0 Å². The zero-order valence-electron chi connectivity index (χ0n) is 10.4. The molecule has 5 nitrogen and oxygen atoms in total. The molecular weight excluding hydrogens is 252 g/mol. The van der Waals surface area contributed by atoms with E-state index in [0.717, 1.165) is 11.4 Å². The molecule has 2 rings (SSSR count). The summed E-state index contributed by atoms with van der Waals surface area (Å²) >= 11 is 1.45. The summed E-state index contributed by atoms with van der Waals surface area (Å²) < 4.78 is 0. The number of thiazole rings is 1. The van der Waals surface area contributed by atoms with Crippen molar-refractivity contribution in [3.05, 3.63) is 16.1 Å². The van der Waals surface area contributed by atoms with Gasteiger partial charge in [0.1, 0.15) is 11.7 Å². The largest absolute Gasteiger partial charge is 0.480 e. The molecule has 0 aromatic carbocycles. The summed E-state index contributed by atoms with van der Waals surface area (Å²) in [5.41, 5.74) is 0.372. The summed E-state index contributed by atoms with van der Waals surface area (Å²) in [6.45, 7) is 4.54. The van der Waals surface area contributed by atoms with Crippen LogP contribution in [0.3, 0.4) is 0 Å². The molecule has 6 heteroatoms. The number of carboxylic acids is 1. The average molecular weight is 268 g/mol. The number of aliphatic carboxylic acids is 1. The van der Waals surface area contributed by atoms with Crippen LogP contribution in [0, 0.1) is 0 Å². The van der Waals surface area contributed by atoms with Gasteiger partial charge in [-0.1, -0.05) is 13.8 Å². The maximum Gasteiger partial charge on any atom is 0.326 e. The molecule has 1 aromatic rings. The molecule has 1 atom stereocenters. The predicted octanol–water partition coefficient (Wildman–Crippen LogP) is 1.96. The maximum absolute atomic E-state index is 12.2. The van der Waals surface area contributed by atoms with Crippen molar-refractivity contribution >= 4 is 23.2 Å². The number of hydrogen-bond donors (Lipinski definition) is 1. The van der Waals surface area contributed by atoms with Crippen LogP contribution in [0.4, 0.5) is 0 Å². The quantitative estimate of drug-likeness (QED) is 0.909. The Morgan fingerprint density at radius 2 is 2.28 bits per heavy atom. The Labute approximate surface area is 109 Å². The van der Waals surface area contributed by atoms with Crippen LogP contribution in [0.2, 0.25) is 0 Å². The smallest absolute Gasteiger partial charge is 0.326 e. The monoisotopic (exact) mass is 268 g/mol. The molecule has 0 bridgehead atoms. The topological polar surface area (TPSA) is 70.5 Å². The zero-order chi connectivity index (χ0) is 13.3. The van der Waals surface area contributed by atoms with Crippen LogP contribution >= 0.6 is 11.3 Å². The highest BCUT2D eigenvalue weighted by atomic mass is 32.1. The van der Waals surface area contributed by atoms with Crippen molar-refractivity contribution in [3.8, 4) is 0 Å². The number of carbonyl (C=O) groups excluding carboxylic acids is 1. The van der Waals surface area contributed by atoms with E-state index in [9.17, 15) is 9.59 Å². The lowest BCUT2D eigenvalue weighted by Gasteiger charge is -2.20. The zero-order valence-corrected chi connectivity index (χ0v) is 11.2. The van der Waals surface area contributed by atoms with Gasteiger partial charge in [-0.25, -0.2) is 9.78 Å². The van der Waals surface area contributed by atoms with Gasteiger partial charge in [-0.15, -0.1) is 11.3 Å². The minimum absolute atomic E-state index is 0.261. The molecular formula is C12H16N2O3S. The predicted molar refractivity (Wildman–Crippen MR) is 67.9 cm³/mol. The molecule has 0 saturated carbocycles. The van der Waals surface area contributed by atoms with E-state index in [1.54, 1.807) is 5.38 Å². The Morgan fingerprint density at radius 1 is 1.56 bits per heavy atom. The first-order valence-electron chi connectivity index (χ1n) is 6.00. The van der Waals surface area contributed by atoms with Crippen LogP contribution in [-0.2, 0) is 4.79 Å². The van der Waals surface area contributed by atoms with Gasteiger partial charge in [0.25, 0.3) is 5.91 Å². The van der Waals surface area contributed by atoms with E-state index < -0.39 is 12.0 Å². The molecule has 0 radical (unpaired) electrons. The molecule has 1 fully saturated rings. The lowest BCUT2D eigenvalue weighted by molar-refractivity contribution is -0.141. The van der Waals surface area contributed by atoms with E-state index in [0.29, 0.717) is 18.7 Å². The van der Waals surface area contributed by atoms with Crippen molar-refractivity contribution in [1.82, 2.24) is 9.88 Å². The highest BCUT2D eigenvalue weighted by Crippen LogP contribution is 2.23. The van der Waals surface area contributed by atoms with Crippen molar-refractivity contribution in [2.75, 3.05) is 6.54 Å². The normalized spacial score (nSPS) is 19.5. The van der Waals surface area contributed by atoms with E-state index in [1.807, 2.05) is 13.8 Å². The Morgan fingerprint density at radius 3 is 2.83 bits per heavy atom. The number of amides is 1. The average Bonchev–Trinajstić information content (AvgIpc) is 2.97. The Balaban J connectivity index is 2.17. The van der Waals surface area contributed by atoms with E-state index in [-0.39, 0.29) is 11.8 Å². The number of carboxylic acid groups (broad SMARTS) is 1. The summed E-state index contributed by atoms with van der Waals surface area (Å²) in [6, 6.07) is -0.693. The maximum atomic E-state index is 12.2. The molecule has 1 aromatic heterocycles. The van der Waals surface area contributed by atoms with E-state index in [1.165, 1.54) is 16.2 Å². The fraction of sp³-hybridized carbons (Fsp3) is 0.583. The third-order valence-electron chi connectivity index (χ3n) is 3.03. The molecule has 1 aliphatic heterocycles. The molecule has 0 aliphatic carbocycles. The molecule has 1 N–H and O–H groups in total. The van der Waals surface area contributed by atoms with Crippen molar-refractivity contribution < 1.29 is 14.7 Å². The Hall–Kier alpha value is -1.43. The molecule has 1 amide bonds. The fourth-order valence-electron chi connectivity index (χ4n) is 2.06. The molecule has 18 heavy (non-hydrogen) atoms. The van der Waals surface area contributed by atoms with Gasteiger partial charge in [0, 0.05) is 17.8 Å². The minimum Gasteiger partial charge on any atom is -0.480 e. The molecule has 98 valence electrons. The number of carbonyl (C=O) groups is 2. The molecule has 0 unspecified atom stereocenters. The molecule has 1 saturated heterocycles. The van der Waals surface area contributed by atoms with Crippen LogP contribution in [-0.4, -0.2) is 39.5 Å². The van der Waals surface area contributed by atoms with Crippen molar-refractivity contribution in [3.63, 3.8) is 0 Å². The first-order chi connectivity index (χ1) is 8.50. The third kappa shape index (κ3) is 2.38. The highest BCUT2D eigenvalue weighted by Gasteiger charge is 2.35. The minimum atomic E-state index is -0.930. The number of aromatic nitrogens is 1. The van der Waals surface area contributed by atoms with Gasteiger partial charge in [-0.2, -0.15) is 0 Å². The first kappa shape index (κ1) is 13.0. The standard InChI is InChI=1S/C12H16N2O3S/c1-7(2)10-13-8(6-18-10)11(15)14-5-3-4-9(14)12(16)17/h6-7,9H,3-5H2,1-2H3,(H,16,17)/t9-/m1/s1. The van der Waals surface area contributed by atoms with Crippen LogP contribution in [0.5, 0.6) is 0 Å². The first-order valence-corrected chi connectivity index (χ1v) is 6.88. The lowest BCUT2D eigenvalue weighted by Crippen LogP contribution is -2.40. The number of likely N-dealkylation sites (tertiary alicyclic amines) is 1. The number of nitrogens with zero attached hydrogens (tertiary/aromatic N) is 2. The SMILES string of the molecule is CC(C)c1nc(C(=O)N2CCC[C@@H]2C(=O)O)cs1. The van der Waals surface area contributed by atoms with Gasteiger partial charge in [0.15, 0.2) is 0 Å². The van der Waals surface area contributed by atoms with Crippen LogP contribution in [0.15, 0.2) is 5.38 Å². The third-order valence-corrected chi connectivity index (χ3v) is 4.18. The Kier molecular flexibility index (Phi) is 3.65. The Bertz CT molecular complexity index is 470. The van der Waals surface area contributed by atoms with Gasteiger partial charge in [0.05, 0.1) is 5.01 Å². The van der Waals surface area contributed by atoms with Gasteiger partial charge in [-0.3, -0.25) is 4.79 Å². The van der Waals surface area contributed by atoms with Crippen molar-refractivity contribution in [2.24, 2.45) is 0 Å². The summed E-state index contributed by atoms with van der Waals surface area (Å²) in [5.74, 6) is -0.909. The fourth-order valence-corrected chi connectivity index (χ4v) is 2.87. The van der Waals surface area contributed by atoms with Crippen LogP contribution in [0.25, 0.3) is 0 Å². The van der Waals surface area contributed by atoms with E-state index in [4.69, 9.17) is 5.11 Å². The van der Waals surface area contributed by atoms with Gasteiger partial charge in [0.2, 0.25) is 0 Å². The molecule has 1 aliphatic rings. The highest BCUT2D eigenvalue weighted by molar-refractivity contribution is 7.09. The van der Waals surface area contributed by atoms with Gasteiger partial charge < -0.3 is 10.0 Å². The van der Waals surface area contributed by atoms with Crippen LogP contribution < -0.4 is 0 Å². The van der Waals surface area contributed by atoms with Gasteiger partial charge in [-0.05, 0) is 12.8 Å². The summed E-state index contributed by atoms with van der Waals surface area (Å²) in [4.78, 5) is 29.0. The number of rotatable bonds is 3. The summed E-state index contributed by atoms with van der Waals surface area (Å²) in [5, 5.41) is 11.7. The lowest BCUT2D eigenvalue weighted by atomic mass is 10.2. The van der Waals surface area contributed by atoms with E-state index in [2.05, 4.69) is 4.98 Å². The number of hydrogen-bond acceptors (Lipinski definition) is 4. The molecule has 2 heterocycles.